The number of amides is 1. The van der Waals surface area contributed by atoms with Crippen molar-refractivity contribution in [2.24, 2.45) is 17.6 Å². The molecule has 2 fully saturated rings. The molecule has 44 heavy (non-hydrogen) atoms. The Kier molecular flexibility index (Phi) is 17.5. The average molecular weight is 617 g/mol. The lowest BCUT2D eigenvalue weighted by Gasteiger charge is -2.35. The largest absolute Gasteiger partial charge is 0.326 e. The van der Waals surface area contributed by atoms with Crippen LogP contribution in [0.25, 0.3) is 0 Å². The number of nitrogens with one attached hydrogen (secondary N) is 2. The SMILES string of the molecule is C=CC=O.CC1CC(C(=N)N(C)C=N)C1.C[C@H]1CCCN1C.FCF.NCc1cc(F)c2c(c1)C(=O)N(c1ccccc1)C2. The topological polar surface area (TPSA) is 118 Å². The van der Waals surface area contributed by atoms with Gasteiger partial charge < -0.3 is 20.4 Å². The molecule has 1 aliphatic carbocycles. The quantitative estimate of drug-likeness (QED) is 0.157. The predicted octanol–water partition coefficient (Wildman–Crippen LogP) is 6.35. The van der Waals surface area contributed by atoms with Crippen molar-refractivity contribution >= 4 is 30.1 Å². The third kappa shape index (κ3) is 11.7. The number of halogens is 3. The zero-order chi connectivity index (χ0) is 33.2. The van der Waals surface area contributed by atoms with Gasteiger partial charge in [-0.05, 0) is 88.0 Å². The van der Waals surface area contributed by atoms with Crippen LogP contribution in [-0.4, -0.2) is 67.8 Å². The molecule has 8 nitrogen and oxygen atoms in total. The van der Waals surface area contributed by atoms with Crippen LogP contribution in [0.3, 0.4) is 0 Å². The van der Waals surface area contributed by atoms with Gasteiger partial charge in [-0.2, -0.15) is 0 Å². The first kappa shape index (κ1) is 38.2. The maximum Gasteiger partial charge on any atom is 0.259 e. The molecule has 2 aliphatic heterocycles. The summed E-state index contributed by atoms with van der Waals surface area (Å²) in [6, 6.07) is 13.2. The minimum Gasteiger partial charge on any atom is -0.326 e. The number of anilines is 1. The van der Waals surface area contributed by atoms with E-state index in [2.05, 4.69) is 32.4 Å². The van der Waals surface area contributed by atoms with Gasteiger partial charge in [0.2, 0.25) is 6.93 Å². The standard InChI is InChI=1S/C15H13FN2O.C8H15N3.C6H13N.C3H4O.CH2F2/c16-14-7-10(8-17)6-12-13(14)9-18(15(12)19)11-4-2-1-3-5-11;1-6-3-7(4-6)8(10)11(2)5-9;1-6-4-3-5-7(6)2;1-2-3-4;2-1-3/h1-7H,8-9,17H2;5-7,9-10H,3-4H2,1-2H3;6H,3-5H2,1-2H3;2-3H,1H2;1H2/t;;6-;;/m..0../s1. The second kappa shape index (κ2) is 20.2. The number of nitrogens with zero attached hydrogens (tertiary/aromatic N) is 3. The molecule has 1 saturated carbocycles. The molecular formula is C33H47F3N6O2. The minimum absolute atomic E-state index is 0.171. The van der Waals surface area contributed by atoms with Crippen LogP contribution in [0, 0.1) is 28.5 Å². The van der Waals surface area contributed by atoms with Gasteiger partial charge >= 0.3 is 0 Å². The van der Waals surface area contributed by atoms with Crippen molar-refractivity contribution in [2.45, 2.75) is 58.7 Å². The highest BCUT2D eigenvalue weighted by atomic mass is 19.3. The fraction of sp³-hybridized carbons (Fsp3) is 0.455. The number of fused-ring (bicyclic) bond motifs is 1. The lowest BCUT2D eigenvalue weighted by Crippen LogP contribution is -2.37. The minimum atomic E-state index is -1.75. The molecule has 1 saturated heterocycles. The number of hydrogen-bond acceptors (Lipinski definition) is 6. The molecule has 3 aliphatic rings. The van der Waals surface area contributed by atoms with Crippen molar-refractivity contribution in [3.63, 3.8) is 0 Å². The van der Waals surface area contributed by atoms with Crippen molar-refractivity contribution in [1.82, 2.24) is 9.80 Å². The van der Waals surface area contributed by atoms with Crippen LogP contribution < -0.4 is 10.6 Å². The van der Waals surface area contributed by atoms with E-state index in [0.29, 0.717) is 34.7 Å². The maximum atomic E-state index is 14.0. The first-order valence-corrected chi connectivity index (χ1v) is 14.6. The summed E-state index contributed by atoms with van der Waals surface area (Å²) >= 11 is 0. The molecule has 11 heteroatoms. The van der Waals surface area contributed by atoms with E-state index >= 15 is 0 Å². The lowest BCUT2D eigenvalue weighted by molar-refractivity contribution is -0.104. The number of likely N-dealkylation sites (tertiary alicyclic amines) is 1. The molecule has 0 unspecified atom stereocenters. The average Bonchev–Trinajstić information content (AvgIpc) is 3.57. The van der Waals surface area contributed by atoms with Crippen LogP contribution in [0.4, 0.5) is 18.9 Å². The fourth-order valence-electron chi connectivity index (χ4n) is 4.91. The molecule has 0 aromatic heterocycles. The zero-order valence-electron chi connectivity index (χ0n) is 26.2. The number of hydrogen-bond donors (Lipinski definition) is 3. The fourth-order valence-corrected chi connectivity index (χ4v) is 4.91. The summed E-state index contributed by atoms with van der Waals surface area (Å²) in [6.07, 6.45) is 8.08. The Morgan fingerprint density at radius 2 is 1.77 bits per heavy atom. The van der Waals surface area contributed by atoms with Gasteiger partial charge in [-0.15, -0.1) is 0 Å². The summed E-state index contributed by atoms with van der Waals surface area (Å²) < 4.78 is 33.2. The molecule has 0 bridgehead atoms. The van der Waals surface area contributed by atoms with E-state index in [1.54, 1.807) is 22.9 Å². The molecular weight excluding hydrogens is 569 g/mol. The highest BCUT2D eigenvalue weighted by Crippen LogP contribution is 2.34. The third-order valence-corrected chi connectivity index (χ3v) is 7.67. The number of nitrogens with two attached hydrogens (primary N) is 1. The van der Waals surface area contributed by atoms with E-state index in [-0.39, 0.29) is 24.8 Å². The summed E-state index contributed by atoms with van der Waals surface area (Å²) in [7, 11) is 3.95. The summed E-state index contributed by atoms with van der Waals surface area (Å²) in [4.78, 5) is 27.0. The number of amidine groups is 1. The lowest BCUT2D eigenvalue weighted by atomic mass is 9.75. The zero-order valence-corrected chi connectivity index (χ0v) is 26.2. The van der Waals surface area contributed by atoms with Crippen LogP contribution in [0.1, 0.15) is 61.0 Å². The van der Waals surface area contributed by atoms with E-state index in [1.165, 1.54) is 37.9 Å². The van der Waals surface area contributed by atoms with Crippen molar-refractivity contribution in [3.05, 3.63) is 77.6 Å². The van der Waals surface area contributed by atoms with Crippen LogP contribution in [0.2, 0.25) is 0 Å². The van der Waals surface area contributed by atoms with Crippen LogP contribution in [-0.2, 0) is 17.9 Å². The predicted molar refractivity (Wildman–Crippen MR) is 172 cm³/mol. The monoisotopic (exact) mass is 616 g/mol. The molecule has 2 aromatic rings. The summed E-state index contributed by atoms with van der Waals surface area (Å²) in [5, 5.41) is 14.6. The number of carbonyl (C=O) groups excluding carboxylic acids is 2. The number of alkyl halides is 2. The van der Waals surface area contributed by atoms with E-state index in [1.807, 2.05) is 30.3 Å². The Labute approximate surface area is 259 Å². The molecule has 2 heterocycles. The van der Waals surface area contributed by atoms with Gasteiger partial charge in [-0.1, -0.05) is 31.7 Å². The van der Waals surface area contributed by atoms with Gasteiger partial charge in [-0.3, -0.25) is 20.4 Å². The molecule has 0 radical (unpaired) electrons. The van der Waals surface area contributed by atoms with Gasteiger partial charge in [0.15, 0.2) is 0 Å². The first-order valence-electron chi connectivity index (χ1n) is 14.6. The highest BCUT2D eigenvalue weighted by Gasteiger charge is 2.31. The molecule has 242 valence electrons. The van der Waals surface area contributed by atoms with Gasteiger partial charge in [0.05, 0.1) is 12.9 Å². The number of aldehydes is 1. The van der Waals surface area contributed by atoms with E-state index < -0.39 is 6.93 Å². The number of rotatable bonds is 5. The van der Waals surface area contributed by atoms with Crippen molar-refractivity contribution in [2.75, 3.05) is 32.5 Å². The molecule has 5 rings (SSSR count). The van der Waals surface area contributed by atoms with Gasteiger partial charge in [0.25, 0.3) is 5.91 Å². The third-order valence-electron chi connectivity index (χ3n) is 7.67. The Hall–Kier alpha value is -3.83. The van der Waals surface area contributed by atoms with Crippen LogP contribution in [0.5, 0.6) is 0 Å². The van der Waals surface area contributed by atoms with Gasteiger partial charge in [0.1, 0.15) is 17.9 Å². The maximum absolute atomic E-state index is 14.0. The van der Waals surface area contributed by atoms with E-state index in [9.17, 15) is 18.0 Å². The molecule has 1 amide bonds. The summed E-state index contributed by atoms with van der Waals surface area (Å²) in [6.45, 7) is 7.65. The van der Waals surface area contributed by atoms with Crippen molar-refractivity contribution in [3.8, 4) is 0 Å². The number of benzene rings is 2. The molecule has 1 atom stereocenters. The summed E-state index contributed by atoms with van der Waals surface area (Å²) in [5.41, 5.74) is 7.80. The number of para-hydroxylation sites is 1. The van der Waals surface area contributed by atoms with Gasteiger partial charge in [-0.25, -0.2) is 13.2 Å². The van der Waals surface area contributed by atoms with Crippen LogP contribution in [0.15, 0.2) is 55.1 Å². The second-order valence-electron chi connectivity index (χ2n) is 10.9. The second-order valence-corrected chi connectivity index (χ2v) is 10.9. The normalized spacial score (nSPS) is 19.5. The van der Waals surface area contributed by atoms with Crippen molar-refractivity contribution < 1.29 is 22.8 Å². The molecule has 4 N–H and O–H groups in total. The highest BCUT2D eigenvalue weighted by molar-refractivity contribution is 6.10. The van der Waals surface area contributed by atoms with E-state index in [4.69, 9.17) is 21.3 Å². The molecule has 0 spiro atoms. The van der Waals surface area contributed by atoms with E-state index in [0.717, 1.165) is 30.5 Å². The first-order chi connectivity index (χ1) is 21.0. The number of allylic oxidation sites excluding steroid dienone is 1. The Bertz CT molecular complexity index is 1190. The smallest absolute Gasteiger partial charge is 0.259 e. The number of carbonyl (C=O) groups is 2. The Morgan fingerprint density at radius 3 is 2.18 bits per heavy atom. The Balaban J connectivity index is 0.000000327. The van der Waals surface area contributed by atoms with Gasteiger partial charge in [0, 0.05) is 42.4 Å². The van der Waals surface area contributed by atoms with Crippen LogP contribution >= 0.6 is 0 Å². The summed E-state index contributed by atoms with van der Waals surface area (Å²) in [5.74, 6) is 1.26. The van der Waals surface area contributed by atoms with Crippen molar-refractivity contribution in [1.29, 1.82) is 10.8 Å². The Morgan fingerprint density at radius 1 is 1.18 bits per heavy atom. The molecule has 2 aromatic carbocycles.